The summed E-state index contributed by atoms with van der Waals surface area (Å²) in [5, 5.41) is 3.68. The molecule has 28 heavy (non-hydrogen) atoms. The molecule has 0 bridgehead atoms. The van der Waals surface area contributed by atoms with Gasteiger partial charge in [-0.25, -0.2) is 0 Å². The van der Waals surface area contributed by atoms with Crippen molar-refractivity contribution in [1.29, 1.82) is 0 Å². The molecular weight excluding hydrogens is 366 g/mol. The molecule has 1 aliphatic carbocycles. The Bertz CT molecular complexity index is 510. The molecule has 0 aromatic rings. The molecule has 5 heteroatoms. The fraction of sp³-hybridized carbons (Fsp3) is 0.913. The Balaban J connectivity index is 1.80. The highest BCUT2D eigenvalue weighted by molar-refractivity contribution is 7.80. The highest BCUT2D eigenvalue weighted by atomic mass is 32.1. The van der Waals surface area contributed by atoms with Crippen molar-refractivity contribution in [1.82, 2.24) is 10.2 Å². The molecule has 0 aromatic heterocycles. The van der Waals surface area contributed by atoms with Crippen LogP contribution in [0.25, 0.3) is 0 Å². The second-order valence-corrected chi connectivity index (χ2v) is 10.8. The second kappa shape index (κ2) is 11.0. The van der Waals surface area contributed by atoms with Crippen LogP contribution in [0.5, 0.6) is 0 Å². The lowest BCUT2D eigenvalue weighted by Gasteiger charge is -2.37. The zero-order valence-electron chi connectivity index (χ0n) is 18.6. The van der Waals surface area contributed by atoms with Gasteiger partial charge in [0, 0.05) is 36.5 Å². The number of hydrogen-bond acceptors (Lipinski definition) is 4. The van der Waals surface area contributed by atoms with Crippen molar-refractivity contribution in [2.75, 3.05) is 26.2 Å². The monoisotopic (exact) mass is 409 g/mol. The maximum absolute atomic E-state index is 13.4. The first kappa shape index (κ1) is 23.8. The molecule has 2 rings (SSSR count). The summed E-state index contributed by atoms with van der Waals surface area (Å²) in [6.07, 6.45) is 9.75. The molecule has 2 aliphatic rings. The summed E-state index contributed by atoms with van der Waals surface area (Å²) in [6, 6.07) is 0.333. The number of nitrogens with one attached hydrogen (secondary N) is 1. The molecule has 1 saturated heterocycles. The van der Waals surface area contributed by atoms with Crippen molar-refractivity contribution in [3.05, 3.63) is 0 Å². The van der Waals surface area contributed by atoms with E-state index in [0.717, 1.165) is 49.2 Å². The number of thiocarbonyl (C=S) groups is 1. The van der Waals surface area contributed by atoms with Gasteiger partial charge in [0.25, 0.3) is 0 Å². The van der Waals surface area contributed by atoms with Crippen LogP contribution >= 0.6 is 12.2 Å². The Morgan fingerprint density at radius 1 is 1.25 bits per heavy atom. The number of carbonyl (C=O) groups is 1. The van der Waals surface area contributed by atoms with Gasteiger partial charge in [-0.3, -0.25) is 4.79 Å². The third-order valence-electron chi connectivity index (χ3n) is 6.78. The van der Waals surface area contributed by atoms with Gasteiger partial charge in [0.05, 0.1) is 0 Å². The Labute approximate surface area is 178 Å². The first-order valence-corrected chi connectivity index (χ1v) is 11.9. The lowest BCUT2D eigenvalue weighted by molar-refractivity contribution is -0.139. The number of nitrogens with zero attached hydrogens (tertiary/aromatic N) is 1. The third kappa shape index (κ3) is 6.77. The van der Waals surface area contributed by atoms with Crippen LogP contribution in [0.2, 0.25) is 0 Å². The minimum absolute atomic E-state index is 0.0740. The van der Waals surface area contributed by atoms with Crippen molar-refractivity contribution in [2.45, 2.75) is 85.1 Å². The molecule has 1 amide bonds. The molecule has 0 spiro atoms. The molecule has 1 aliphatic heterocycles. The minimum atomic E-state index is -0.101. The van der Waals surface area contributed by atoms with Crippen LogP contribution in [-0.4, -0.2) is 47.9 Å². The van der Waals surface area contributed by atoms with Crippen molar-refractivity contribution >= 4 is 23.0 Å². The number of likely N-dealkylation sites (tertiary alicyclic amines) is 1. The second-order valence-electron chi connectivity index (χ2n) is 10.2. The van der Waals surface area contributed by atoms with Crippen LogP contribution < -0.4 is 11.1 Å². The summed E-state index contributed by atoms with van der Waals surface area (Å²) < 4.78 is 0. The van der Waals surface area contributed by atoms with Gasteiger partial charge in [-0.1, -0.05) is 59.2 Å². The lowest BCUT2D eigenvalue weighted by Crippen LogP contribution is -2.48. The molecule has 1 saturated carbocycles. The fourth-order valence-corrected chi connectivity index (χ4v) is 5.00. The SMILES string of the molecule is CCCCC1CC(CNC[C@H]2CCCN2C(=O)[C@@H](CC(=S)CN)C(C)(C)C)C1. The normalized spacial score (nSPS) is 26.2. The number of nitrogens with two attached hydrogens (primary N) is 1. The lowest BCUT2D eigenvalue weighted by atomic mass is 9.72. The summed E-state index contributed by atoms with van der Waals surface area (Å²) in [4.78, 5) is 16.3. The van der Waals surface area contributed by atoms with E-state index in [-0.39, 0.29) is 17.2 Å². The van der Waals surface area contributed by atoms with Gasteiger partial charge in [0.1, 0.15) is 0 Å². The van der Waals surface area contributed by atoms with Gasteiger partial charge in [-0.15, -0.1) is 0 Å². The van der Waals surface area contributed by atoms with Gasteiger partial charge in [0.2, 0.25) is 5.91 Å². The smallest absolute Gasteiger partial charge is 0.226 e. The Hall–Kier alpha value is -0.520. The summed E-state index contributed by atoms with van der Waals surface area (Å²) in [6.45, 7) is 12.0. The molecular formula is C23H43N3OS. The molecule has 0 radical (unpaired) electrons. The van der Waals surface area contributed by atoms with Crippen molar-refractivity contribution in [3.8, 4) is 0 Å². The van der Waals surface area contributed by atoms with Gasteiger partial charge in [-0.05, 0) is 55.9 Å². The maximum atomic E-state index is 13.4. The van der Waals surface area contributed by atoms with E-state index >= 15 is 0 Å². The molecule has 2 fully saturated rings. The van der Waals surface area contributed by atoms with E-state index in [4.69, 9.17) is 18.0 Å². The summed E-state index contributed by atoms with van der Waals surface area (Å²) in [5.41, 5.74) is 5.62. The van der Waals surface area contributed by atoms with E-state index in [9.17, 15) is 4.79 Å². The van der Waals surface area contributed by atoms with Crippen LogP contribution in [0.4, 0.5) is 0 Å². The number of carbonyl (C=O) groups excluding carboxylic acids is 1. The zero-order valence-corrected chi connectivity index (χ0v) is 19.5. The number of unbranched alkanes of at least 4 members (excludes halogenated alkanes) is 1. The van der Waals surface area contributed by atoms with Crippen molar-refractivity contribution in [2.24, 2.45) is 28.9 Å². The Morgan fingerprint density at radius 2 is 1.96 bits per heavy atom. The van der Waals surface area contributed by atoms with E-state index in [1.54, 1.807) is 0 Å². The predicted molar refractivity (Wildman–Crippen MR) is 123 cm³/mol. The average molecular weight is 410 g/mol. The van der Waals surface area contributed by atoms with E-state index in [1.165, 1.54) is 32.1 Å². The fourth-order valence-electron chi connectivity index (χ4n) is 4.84. The molecule has 3 N–H and O–H groups in total. The van der Waals surface area contributed by atoms with E-state index < -0.39 is 0 Å². The first-order valence-electron chi connectivity index (χ1n) is 11.5. The average Bonchev–Trinajstić information content (AvgIpc) is 3.07. The quantitative estimate of drug-likeness (QED) is 0.503. The first-order chi connectivity index (χ1) is 13.3. The zero-order chi connectivity index (χ0) is 20.7. The van der Waals surface area contributed by atoms with Crippen LogP contribution in [0.15, 0.2) is 0 Å². The topological polar surface area (TPSA) is 58.4 Å². The van der Waals surface area contributed by atoms with Crippen LogP contribution in [0, 0.1) is 23.2 Å². The highest BCUT2D eigenvalue weighted by Crippen LogP contribution is 2.37. The highest BCUT2D eigenvalue weighted by Gasteiger charge is 2.39. The molecule has 162 valence electrons. The third-order valence-corrected chi connectivity index (χ3v) is 7.11. The Morgan fingerprint density at radius 3 is 2.57 bits per heavy atom. The summed E-state index contributed by atoms with van der Waals surface area (Å²) in [7, 11) is 0. The van der Waals surface area contributed by atoms with E-state index in [0.29, 0.717) is 19.0 Å². The van der Waals surface area contributed by atoms with Crippen molar-refractivity contribution in [3.63, 3.8) is 0 Å². The number of rotatable bonds is 11. The Kier molecular flexibility index (Phi) is 9.36. The van der Waals surface area contributed by atoms with Crippen LogP contribution in [0.1, 0.15) is 79.1 Å². The van der Waals surface area contributed by atoms with Crippen molar-refractivity contribution < 1.29 is 4.79 Å². The maximum Gasteiger partial charge on any atom is 0.226 e. The summed E-state index contributed by atoms with van der Waals surface area (Å²) >= 11 is 5.37. The number of amides is 1. The largest absolute Gasteiger partial charge is 0.338 e. The van der Waals surface area contributed by atoms with Crippen LogP contribution in [0.3, 0.4) is 0 Å². The van der Waals surface area contributed by atoms with Gasteiger partial charge in [0.15, 0.2) is 0 Å². The molecule has 1 heterocycles. The minimum Gasteiger partial charge on any atom is -0.338 e. The molecule has 2 atom stereocenters. The number of hydrogen-bond donors (Lipinski definition) is 2. The molecule has 0 aromatic carbocycles. The molecule has 4 nitrogen and oxygen atoms in total. The predicted octanol–water partition coefficient (Wildman–Crippen LogP) is 4.16. The van der Waals surface area contributed by atoms with Crippen LogP contribution in [-0.2, 0) is 4.79 Å². The molecule has 0 unspecified atom stereocenters. The summed E-state index contributed by atoms with van der Waals surface area (Å²) in [5.74, 6) is 2.01. The van der Waals surface area contributed by atoms with E-state index in [2.05, 4.69) is 37.9 Å². The van der Waals surface area contributed by atoms with Gasteiger partial charge >= 0.3 is 0 Å². The standard InChI is InChI=1S/C23H43N3OS/c1-5-6-8-17-11-18(12-17)15-25-16-19-9-7-10-26(19)22(27)21(23(2,3)4)13-20(28)14-24/h17-19,21,25H,5-16,24H2,1-4H3/t17?,18?,19-,21-/m1/s1. The van der Waals surface area contributed by atoms with E-state index in [1.807, 2.05) is 0 Å². The van der Waals surface area contributed by atoms with Gasteiger partial charge in [-0.2, -0.15) is 0 Å². The van der Waals surface area contributed by atoms with Gasteiger partial charge < -0.3 is 16.0 Å².